The number of esters is 1. The van der Waals surface area contributed by atoms with Crippen LogP contribution < -0.4 is 5.32 Å². The Labute approximate surface area is 193 Å². The Hall–Kier alpha value is -3.59. The molecule has 1 N–H and O–H groups in total. The van der Waals surface area contributed by atoms with Gasteiger partial charge in [-0.25, -0.2) is 4.79 Å². The molecule has 0 fully saturated rings. The van der Waals surface area contributed by atoms with E-state index in [1.165, 1.54) is 23.1 Å². The fourth-order valence-corrected chi connectivity index (χ4v) is 5.74. The molecule has 0 saturated carbocycles. The molecule has 0 bridgehead atoms. The molecule has 1 amide bonds. The smallest absolute Gasteiger partial charge is 0.339 e. The Kier molecular flexibility index (Phi) is 6.55. The van der Waals surface area contributed by atoms with E-state index in [4.69, 9.17) is 4.74 Å². The number of benzene rings is 2. The van der Waals surface area contributed by atoms with E-state index in [1.807, 2.05) is 12.1 Å². The molecular formula is C24H17N3O3S2. The van der Waals surface area contributed by atoms with Crippen LogP contribution in [0.5, 0.6) is 0 Å². The summed E-state index contributed by atoms with van der Waals surface area (Å²) in [6.45, 7) is -0.458. The minimum absolute atomic E-state index is 0.311. The summed E-state index contributed by atoms with van der Waals surface area (Å²) in [5.74, 6) is -1.12. The highest BCUT2D eigenvalue weighted by molar-refractivity contribution is 7.99. The summed E-state index contributed by atoms with van der Waals surface area (Å²) in [6.07, 6.45) is 2.80. The molecule has 32 heavy (non-hydrogen) atoms. The number of anilines is 1. The number of nitrogens with zero attached hydrogens (tertiary/aromatic N) is 2. The van der Waals surface area contributed by atoms with Crippen molar-refractivity contribution in [2.24, 2.45) is 0 Å². The zero-order chi connectivity index (χ0) is 22.5. The molecule has 2 aromatic carbocycles. The average Bonchev–Trinajstić information content (AvgIpc) is 3.39. The van der Waals surface area contributed by atoms with Gasteiger partial charge in [-0.3, -0.25) is 4.79 Å². The molecule has 0 unspecified atom stereocenters. The monoisotopic (exact) mass is 459 g/mol. The number of thiophene rings is 1. The number of nitrogens with one attached hydrogen (secondary N) is 1. The highest BCUT2D eigenvalue weighted by Gasteiger charge is 2.23. The van der Waals surface area contributed by atoms with Gasteiger partial charge in [0.05, 0.1) is 16.7 Å². The second kappa shape index (κ2) is 9.69. The van der Waals surface area contributed by atoms with Crippen LogP contribution in [0.15, 0.2) is 58.3 Å². The van der Waals surface area contributed by atoms with Crippen LogP contribution in [0.25, 0.3) is 0 Å². The van der Waals surface area contributed by atoms with E-state index in [2.05, 4.69) is 17.5 Å². The topological polar surface area (TPSA) is 103 Å². The molecule has 3 aromatic rings. The summed E-state index contributed by atoms with van der Waals surface area (Å²) in [6, 6.07) is 18.3. The van der Waals surface area contributed by atoms with Gasteiger partial charge in [0.15, 0.2) is 6.61 Å². The maximum Gasteiger partial charge on any atom is 0.339 e. The predicted molar refractivity (Wildman–Crippen MR) is 122 cm³/mol. The predicted octanol–water partition coefficient (Wildman–Crippen LogP) is 4.93. The second-order valence-corrected chi connectivity index (χ2v) is 9.19. The Bertz CT molecular complexity index is 1280. The first kappa shape index (κ1) is 21.6. The minimum atomic E-state index is -0.633. The van der Waals surface area contributed by atoms with Gasteiger partial charge in [-0.05, 0) is 49.1 Å². The lowest BCUT2D eigenvalue weighted by Crippen LogP contribution is -2.21. The zero-order valence-corrected chi connectivity index (χ0v) is 18.5. The molecule has 0 radical (unpaired) electrons. The van der Waals surface area contributed by atoms with Crippen LogP contribution in [0, 0.1) is 22.7 Å². The molecule has 1 aliphatic rings. The molecule has 1 aromatic heterocycles. The largest absolute Gasteiger partial charge is 0.452 e. The first-order valence-electron chi connectivity index (χ1n) is 9.88. The van der Waals surface area contributed by atoms with Gasteiger partial charge < -0.3 is 10.1 Å². The van der Waals surface area contributed by atoms with Crippen LogP contribution in [0.1, 0.15) is 38.3 Å². The molecule has 4 rings (SSSR count). The van der Waals surface area contributed by atoms with Gasteiger partial charge in [0.25, 0.3) is 5.91 Å². The molecule has 158 valence electrons. The highest BCUT2D eigenvalue weighted by atomic mass is 32.2. The zero-order valence-electron chi connectivity index (χ0n) is 16.9. The van der Waals surface area contributed by atoms with E-state index in [1.54, 1.807) is 36.4 Å². The summed E-state index contributed by atoms with van der Waals surface area (Å²) in [5, 5.41) is 22.0. The fourth-order valence-electron chi connectivity index (χ4n) is 3.47. The van der Waals surface area contributed by atoms with Crippen LogP contribution in [-0.2, 0) is 22.4 Å². The molecule has 6 nitrogen and oxygen atoms in total. The number of carbonyl (C=O) groups is 2. The summed E-state index contributed by atoms with van der Waals surface area (Å²) in [5.41, 5.74) is 2.36. The van der Waals surface area contributed by atoms with Crippen molar-refractivity contribution in [3.8, 4) is 12.1 Å². The van der Waals surface area contributed by atoms with E-state index in [0.717, 1.165) is 34.6 Å². The number of aryl methyl sites for hydroxylation is 1. The normalized spacial score (nSPS) is 11.8. The van der Waals surface area contributed by atoms with Crippen molar-refractivity contribution >= 4 is 40.0 Å². The van der Waals surface area contributed by atoms with E-state index >= 15 is 0 Å². The average molecular weight is 460 g/mol. The van der Waals surface area contributed by atoms with Gasteiger partial charge in [-0.15, -0.1) is 11.3 Å². The standard InChI is InChI=1S/C24H17N3O3S2/c25-12-15-6-1-3-9-19(15)31-21-10-4-2-7-17(21)24(29)30-14-22(28)27-23-18(13-26)16-8-5-11-20(16)32-23/h1-4,6-7,9-10H,5,8,11,14H2,(H,27,28). The van der Waals surface area contributed by atoms with Gasteiger partial charge in [0.2, 0.25) is 0 Å². The molecule has 8 heteroatoms. The van der Waals surface area contributed by atoms with Gasteiger partial charge >= 0.3 is 5.97 Å². The maximum atomic E-state index is 12.7. The second-order valence-electron chi connectivity index (χ2n) is 7.00. The van der Waals surface area contributed by atoms with Crippen molar-refractivity contribution in [2.75, 3.05) is 11.9 Å². The Balaban J connectivity index is 1.42. The van der Waals surface area contributed by atoms with Gasteiger partial charge in [-0.1, -0.05) is 36.0 Å². The summed E-state index contributed by atoms with van der Waals surface area (Å²) < 4.78 is 5.24. The van der Waals surface area contributed by atoms with E-state index in [9.17, 15) is 20.1 Å². The van der Waals surface area contributed by atoms with Gasteiger partial charge in [0, 0.05) is 14.7 Å². The third-order valence-corrected chi connectivity index (χ3v) is 7.31. The first-order valence-corrected chi connectivity index (χ1v) is 11.5. The van der Waals surface area contributed by atoms with E-state index in [-0.39, 0.29) is 0 Å². The van der Waals surface area contributed by atoms with Crippen LogP contribution in [0.4, 0.5) is 5.00 Å². The molecule has 1 heterocycles. The number of carbonyl (C=O) groups excluding carboxylic acids is 2. The molecule has 0 atom stereocenters. The minimum Gasteiger partial charge on any atom is -0.452 e. The van der Waals surface area contributed by atoms with Crippen molar-refractivity contribution in [1.29, 1.82) is 10.5 Å². The van der Waals surface area contributed by atoms with Crippen LogP contribution in [-0.4, -0.2) is 18.5 Å². The van der Waals surface area contributed by atoms with Crippen molar-refractivity contribution in [3.63, 3.8) is 0 Å². The fraction of sp³-hybridized carbons (Fsp3) is 0.167. The van der Waals surface area contributed by atoms with E-state index < -0.39 is 18.5 Å². The number of amides is 1. The van der Waals surface area contributed by atoms with Gasteiger partial charge in [0.1, 0.15) is 17.1 Å². The maximum absolute atomic E-state index is 12.7. The molecule has 1 aliphatic carbocycles. The third kappa shape index (κ3) is 4.52. The Morgan fingerprint density at radius 1 is 1.03 bits per heavy atom. The van der Waals surface area contributed by atoms with Crippen LogP contribution in [0.3, 0.4) is 0 Å². The summed E-state index contributed by atoms with van der Waals surface area (Å²) >= 11 is 2.71. The number of ether oxygens (including phenoxy) is 1. The number of hydrogen-bond donors (Lipinski definition) is 1. The number of hydrogen-bond acceptors (Lipinski definition) is 7. The number of fused-ring (bicyclic) bond motifs is 1. The Morgan fingerprint density at radius 2 is 1.78 bits per heavy atom. The van der Waals surface area contributed by atoms with Crippen LogP contribution >= 0.6 is 23.1 Å². The SMILES string of the molecule is N#Cc1ccccc1Sc1ccccc1C(=O)OCC(=O)Nc1sc2c(c1C#N)CCC2. The lowest BCUT2D eigenvalue weighted by Gasteiger charge is -2.10. The summed E-state index contributed by atoms with van der Waals surface area (Å²) in [7, 11) is 0. The van der Waals surface area contributed by atoms with E-state index in [0.29, 0.717) is 26.6 Å². The third-order valence-electron chi connectivity index (χ3n) is 4.95. The lowest BCUT2D eigenvalue weighted by atomic mass is 10.1. The summed E-state index contributed by atoms with van der Waals surface area (Å²) in [4.78, 5) is 27.5. The van der Waals surface area contributed by atoms with Crippen molar-refractivity contribution in [2.45, 2.75) is 29.1 Å². The van der Waals surface area contributed by atoms with Gasteiger partial charge in [-0.2, -0.15) is 10.5 Å². The first-order chi connectivity index (χ1) is 15.6. The molecular weight excluding hydrogens is 442 g/mol. The number of rotatable bonds is 6. The molecule has 0 saturated heterocycles. The van der Waals surface area contributed by atoms with Crippen molar-refractivity contribution < 1.29 is 14.3 Å². The van der Waals surface area contributed by atoms with Crippen molar-refractivity contribution in [3.05, 3.63) is 75.7 Å². The highest BCUT2D eigenvalue weighted by Crippen LogP contribution is 2.38. The van der Waals surface area contributed by atoms with Crippen molar-refractivity contribution in [1.82, 2.24) is 0 Å². The quantitative estimate of drug-likeness (QED) is 0.525. The number of nitriles is 2. The molecule has 0 spiro atoms. The Morgan fingerprint density at radius 3 is 2.56 bits per heavy atom. The molecule has 0 aliphatic heterocycles. The van der Waals surface area contributed by atoms with Crippen LogP contribution in [0.2, 0.25) is 0 Å². The lowest BCUT2D eigenvalue weighted by molar-refractivity contribution is -0.119.